The van der Waals surface area contributed by atoms with E-state index >= 15 is 0 Å². The van der Waals surface area contributed by atoms with Crippen LogP contribution < -0.4 is 5.32 Å². The average Bonchev–Trinajstić information content (AvgIpc) is 2.81. The normalized spacial score (nSPS) is 18.5. The van der Waals surface area contributed by atoms with Crippen LogP contribution in [-0.2, 0) is 0 Å². The molecule has 1 heterocycles. The highest BCUT2D eigenvalue weighted by molar-refractivity contribution is 6.31. The zero-order valence-electron chi connectivity index (χ0n) is 8.50. The number of allylic oxidation sites excluding steroid dienone is 2. The molecule has 1 aromatic rings. The van der Waals surface area contributed by atoms with Crippen LogP contribution in [0, 0.1) is 5.82 Å². The van der Waals surface area contributed by atoms with Gasteiger partial charge in [-0.05, 0) is 37.5 Å². The van der Waals surface area contributed by atoms with Crippen molar-refractivity contribution in [2.24, 2.45) is 4.99 Å². The third-order valence-electron chi connectivity index (χ3n) is 2.82. The lowest BCUT2D eigenvalue weighted by Gasteiger charge is -2.03. The molecule has 0 N–H and O–H groups in total. The van der Waals surface area contributed by atoms with Crippen LogP contribution in [0.5, 0.6) is 0 Å². The third kappa shape index (κ3) is 1.52. The minimum Gasteiger partial charge on any atom is -0.231 e. The van der Waals surface area contributed by atoms with E-state index in [9.17, 15) is 4.39 Å². The van der Waals surface area contributed by atoms with Crippen LogP contribution >= 0.6 is 11.6 Å². The van der Waals surface area contributed by atoms with Gasteiger partial charge in [0.2, 0.25) is 0 Å². The molecule has 0 saturated carbocycles. The van der Waals surface area contributed by atoms with Crippen molar-refractivity contribution in [3.63, 3.8) is 0 Å². The summed E-state index contributed by atoms with van der Waals surface area (Å²) < 4.78 is 13.0. The quantitative estimate of drug-likeness (QED) is 0.715. The second-order valence-corrected chi connectivity index (χ2v) is 4.33. The molecular weight excluding hydrogens is 227 g/mol. The molecule has 0 fully saturated rings. The van der Waals surface area contributed by atoms with Gasteiger partial charge in [0.1, 0.15) is 5.82 Å². The Morgan fingerprint density at radius 2 is 2.00 bits per heavy atom. The van der Waals surface area contributed by atoms with Gasteiger partial charge in [0.15, 0.2) is 5.84 Å². The van der Waals surface area contributed by atoms with Crippen molar-refractivity contribution in [2.45, 2.75) is 19.3 Å². The van der Waals surface area contributed by atoms with Gasteiger partial charge in [-0.3, -0.25) is 0 Å². The van der Waals surface area contributed by atoms with E-state index in [2.05, 4.69) is 10.3 Å². The first kappa shape index (κ1) is 9.85. The fraction of sp³-hybridized carbons (Fsp3) is 0.250. The Hall–Kier alpha value is -1.35. The van der Waals surface area contributed by atoms with Crippen LogP contribution in [0.4, 0.5) is 4.39 Å². The molecule has 0 aromatic heterocycles. The first-order valence-electron chi connectivity index (χ1n) is 5.22. The summed E-state index contributed by atoms with van der Waals surface area (Å²) in [6.45, 7) is 0. The highest BCUT2D eigenvalue weighted by Crippen LogP contribution is 2.31. The molecule has 0 saturated heterocycles. The van der Waals surface area contributed by atoms with Crippen molar-refractivity contribution >= 4 is 17.4 Å². The number of benzene rings is 1. The van der Waals surface area contributed by atoms with E-state index in [1.54, 1.807) is 12.1 Å². The highest BCUT2D eigenvalue weighted by Gasteiger charge is 2.24. The molecule has 1 radical (unpaired) electrons. The predicted octanol–water partition coefficient (Wildman–Crippen LogP) is 3.24. The number of aliphatic imine (C=N–C) groups is 1. The Kier molecular flexibility index (Phi) is 2.21. The number of nitrogens with zero attached hydrogens (tertiary/aromatic N) is 2. The van der Waals surface area contributed by atoms with Gasteiger partial charge in [-0.25, -0.2) is 14.7 Å². The first-order valence-corrected chi connectivity index (χ1v) is 5.60. The molecule has 2 aliphatic rings. The summed E-state index contributed by atoms with van der Waals surface area (Å²) in [5.74, 6) is 0.246. The molecule has 2 nitrogen and oxygen atoms in total. The average molecular weight is 236 g/mol. The van der Waals surface area contributed by atoms with Crippen molar-refractivity contribution in [1.82, 2.24) is 5.32 Å². The van der Waals surface area contributed by atoms with Crippen LogP contribution in [0.25, 0.3) is 0 Å². The van der Waals surface area contributed by atoms with Crippen molar-refractivity contribution in [1.29, 1.82) is 0 Å². The molecule has 0 bridgehead atoms. The Bertz CT molecular complexity index is 520. The number of halogens is 2. The van der Waals surface area contributed by atoms with Gasteiger partial charge in [-0.15, -0.1) is 0 Å². The predicted molar refractivity (Wildman–Crippen MR) is 61.0 cm³/mol. The van der Waals surface area contributed by atoms with Crippen molar-refractivity contribution in [3.05, 3.63) is 46.0 Å². The highest BCUT2D eigenvalue weighted by atomic mass is 35.5. The molecule has 4 heteroatoms. The molecule has 3 rings (SSSR count). The van der Waals surface area contributed by atoms with Gasteiger partial charge in [0.25, 0.3) is 0 Å². The molecule has 0 unspecified atom stereocenters. The summed E-state index contributed by atoms with van der Waals surface area (Å²) in [7, 11) is 0. The summed E-state index contributed by atoms with van der Waals surface area (Å²) in [6, 6.07) is 4.58. The minimum absolute atomic E-state index is 0.113. The van der Waals surface area contributed by atoms with E-state index in [1.165, 1.54) is 6.07 Å². The smallest absolute Gasteiger partial charge is 0.159 e. The maximum atomic E-state index is 13.0. The molecule has 1 aliphatic carbocycles. The zero-order chi connectivity index (χ0) is 11.1. The fourth-order valence-corrected chi connectivity index (χ4v) is 2.18. The molecule has 81 valence electrons. The van der Waals surface area contributed by atoms with Crippen LogP contribution in [-0.4, -0.2) is 5.84 Å². The molecule has 0 amide bonds. The van der Waals surface area contributed by atoms with E-state index in [0.717, 1.165) is 36.2 Å². The summed E-state index contributed by atoms with van der Waals surface area (Å²) in [4.78, 5) is 4.44. The van der Waals surface area contributed by atoms with E-state index in [4.69, 9.17) is 11.6 Å². The monoisotopic (exact) mass is 235 g/mol. The second kappa shape index (κ2) is 3.59. The van der Waals surface area contributed by atoms with Crippen LogP contribution in [0.15, 0.2) is 34.6 Å². The molecule has 1 aliphatic heterocycles. The summed E-state index contributed by atoms with van der Waals surface area (Å²) in [6.07, 6.45) is 3.13. The summed E-state index contributed by atoms with van der Waals surface area (Å²) in [5, 5.41) is 4.55. The lowest BCUT2D eigenvalue weighted by Crippen LogP contribution is -2.12. The standard InChI is InChI=1S/C12H9ClFN2/c13-8-6-7(4-5-9(8)14)12-15-10-2-1-3-11(10)16-12/h4-6H,1-3H2. The lowest BCUT2D eigenvalue weighted by molar-refractivity contribution is 0.628. The summed E-state index contributed by atoms with van der Waals surface area (Å²) >= 11 is 5.73. The van der Waals surface area contributed by atoms with Gasteiger partial charge >= 0.3 is 0 Å². The minimum atomic E-state index is -0.412. The fourth-order valence-electron chi connectivity index (χ4n) is 2.00. The van der Waals surface area contributed by atoms with E-state index in [-0.39, 0.29) is 5.02 Å². The molecule has 0 atom stereocenters. The number of hydrogen-bond acceptors (Lipinski definition) is 1. The molecule has 1 aromatic carbocycles. The number of amidine groups is 1. The van der Waals surface area contributed by atoms with Gasteiger partial charge in [-0.1, -0.05) is 11.6 Å². The van der Waals surface area contributed by atoms with Gasteiger partial charge in [0, 0.05) is 5.56 Å². The maximum Gasteiger partial charge on any atom is 0.159 e. The van der Waals surface area contributed by atoms with E-state index < -0.39 is 5.82 Å². The maximum absolute atomic E-state index is 13.0. The third-order valence-corrected chi connectivity index (χ3v) is 3.11. The van der Waals surface area contributed by atoms with Crippen LogP contribution in [0.2, 0.25) is 5.02 Å². The molecular formula is C12H9ClFN2. The largest absolute Gasteiger partial charge is 0.231 e. The Morgan fingerprint density at radius 3 is 2.75 bits per heavy atom. The van der Waals surface area contributed by atoms with Gasteiger partial charge < -0.3 is 0 Å². The van der Waals surface area contributed by atoms with Gasteiger partial charge in [-0.2, -0.15) is 0 Å². The van der Waals surface area contributed by atoms with Crippen molar-refractivity contribution < 1.29 is 4.39 Å². The Balaban J connectivity index is 1.92. The van der Waals surface area contributed by atoms with Crippen molar-refractivity contribution in [3.8, 4) is 0 Å². The van der Waals surface area contributed by atoms with Gasteiger partial charge in [0.05, 0.1) is 16.4 Å². The van der Waals surface area contributed by atoms with E-state index in [0.29, 0.717) is 5.84 Å². The number of rotatable bonds is 1. The van der Waals surface area contributed by atoms with E-state index in [1.807, 2.05) is 0 Å². The number of hydrogen-bond donors (Lipinski definition) is 0. The Labute approximate surface area is 97.8 Å². The van der Waals surface area contributed by atoms with Crippen LogP contribution in [0.1, 0.15) is 24.8 Å². The topological polar surface area (TPSA) is 26.5 Å². The zero-order valence-corrected chi connectivity index (χ0v) is 9.26. The molecule has 0 spiro atoms. The second-order valence-electron chi connectivity index (χ2n) is 3.92. The Morgan fingerprint density at radius 1 is 1.19 bits per heavy atom. The first-order chi connectivity index (χ1) is 7.74. The molecule has 16 heavy (non-hydrogen) atoms. The lowest BCUT2D eigenvalue weighted by atomic mass is 10.2. The summed E-state index contributed by atoms with van der Waals surface area (Å²) in [5.41, 5.74) is 2.94. The van der Waals surface area contributed by atoms with Crippen LogP contribution in [0.3, 0.4) is 0 Å². The SMILES string of the molecule is Fc1ccc(C2=NC3=C(CCC3)[N]2)cc1Cl. The van der Waals surface area contributed by atoms with Crippen molar-refractivity contribution in [2.75, 3.05) is 0 Å².